The second kappa shape index (κ2) is 9.11. The maximum absolute atomic E-state index is 12.7. The van der Waals surface area contributed by atoms with Gasteiger partial charge in [-0.3, -0.25) is 10.1 Å². The molecule has 2 aromatic rings. The van der Waals surface area contributed by atoms with Crippen molar-refractivity contribution < 1.29 is 14.3 Å². The number of hydrogen-bond donors (Lipinski definition) is 2. The van der Waals surface area contributed by atoms with Gasteiger partial charge in [0, 0.05) is 17.3 Å². The molecule has 1 aliphatic carbocycles. The number of halogens is 1. The van der Waals surface area contributed by atoms with Crippen LogP contribution in [0.5, 0.6) is 0 Å². The van der Waals surface area contributed by atoms with Gasteiger partial charge in [-0.1, -0.05) is 55.3 Å². The number of anilines is 1. The number of hydrogen-bond acceptors (Lipinski definition) is 3. The fraction of sp³-hybridized carbons (Fsp3) is 0.364. The van der Waals surface area contributed by atoms with Crippen LogP contribution in [0.15, 0.2) is 48.5 Å². The quantitative estimate of drug-likeness (QED) is 0.691. The van der Waals surface area contributed by atoms with Gasteiger partial charge in [0.1, 0.15) is 6.61 Å². The lowest BCUT2D eigenvalue weighted by molar-refractivity contribution is -0.139. The van der Waals surface area contributed by atoms with Gasteiger partial charge in [-0.15, -0.1) is 0 Å². The summed E-state index contributed by atoms with van der Waals surface area (Å²) >= 11 is 6.14. The van der Waals surface area contributed by atoms with Crippen LogP contribution in [0.3, 0.4) is 0 Å². The molecule has 0 unspecified atom stereocenters. The molecule has 1 aliphatic rings. The minimum atomic E-state index is -0.648. The average Bonchev–Trinajstić information content (AvgIpc) is 2.67. The van der Waals surface area contributed by atoms with Gasteiger partial charge in [-0.25, -0.2) is 4.79 Å². The number of ether oxygens (including phenoxy) is 1. The van der Waals surface area contributed by atoms with Crippen molar-refractivity contribution in [2.45, 2.75) is 39.2 Å². The zero-order valence-electron chi connectivity index (χ0n) is 16.0. The third kappa shape index (κ3) is 4.84. The van der Waals surface area contributed by atoms with E-state index in [0.717, 1.165) is 18.4 Å². The van der Waals surface area contributed by atoms with Crippen molar-refractivity contribution in [2.75, 3.05) is 11.9 Å². The molecule has 3 rings (SSSR count). The first-order valence-corrected chi connectivity index (χ1v) is 9.95. The van der Waals surface area contributed by atoms with Crippen molar-refractivity contribution in [3.63, 3.8) is 0 Å². The van der Waals surface area contributed by atoms with Crippen LogP contribution in [0.2, 0.25) is 5.02 Å². The Morgan fingerprint density at radius 2 is 1.82 bits per heavy atom. The van der Waals surface area contributed by atoms with E-state index in [9.17, 15) is 9.59 Å². The fourth-order valence-corrected chi connectivity index (χ4v) is 3.43. The number of carbonyl (C=O) groups excluding carboxylic acids is 2. The van der Waals surface area contributed by atoms with Crippen molar-refractivity contribution in [1.29, 1.82) is 0 Å². The molecule has 0 aliphatic heterocycles. The van der Waals surface area contributed by atoms with E-state index in [-0.39, 0.29) is 12.5 Å². The predicted octanol–water partition coefficient (Wildman–Crippen LogP) is 4.94. The Morgan fingerprint density at radius 1 is 1.11 bits per heavy atom. The highest BCUT2D eigenvalue weighted by molar-refractivity contribution is 6.31. The second-order valence-corrected chi connectivity index (χ2v) is 7.57. The molecule has 148 valence electrons. The highest BCUT2D eigenvalue weighted by Crippen LogP contribution is 2.41. The predicted molar refractivity (Wildman–Crippen MR) is 110 cm³/mol. The number of aryl methyl sites for hydroxylation is 1. The molecule has 0 radical (unpaired) electrons. The lowest BCUT2D eigenvalue weighted by Gasteiger charge is -2.39. The minimum Gasteiger partial charge on any atom is -0.448 e. The van der Waals surface area contributed by atoms with Crippen molar-refractivity contribution in [1.82, 2.24) is 5.32 Å². The second-order valence-electron chi connectivity index (χ2n) is 7.16. The summed E-state index contributed by atoms with van der Waals surface area (Å²) in [6.45, 7) is 2.50. The van der Waals surface area contributed by atoms with E-state index >= 15 is 0 Å². The summed E-state index contributed by atoms with van der Waals surface area (Å²) in [5.41, 5.74) is 2.08. The molecule has 0 atom stereocenters. The molecule has 0 saturated heterocycles. The Bertz CT molecular complexity index is 832. The number of carbonyl (C=O) groups is 2. The van der Waals surface area contributed by atoms with Gasteiger partial charge in [0.25, 0.3) is 0 Å². The summed E-state index contributed by atoms with van der Waals surface area (Å²) in [5.74, 6) is -0.0984. The number of benzene rings is 2. The van der Waals surface area contributed by atoms with E-state index in [1.165, 1.54) is 5.56 Å². The maximum atomic E-state index is 12.7. The summed E-state index contributed by atoms with van der Waals surface area (Å²) in [4.78, 5) is 24.8. The first-order chi connectivity index (χ1) is 13.5. The number of amides is 2. The lowest BCUT2D eigenvalue weighted by Crippen LogP contribution is -2.49. The van der Waals surface area contributed by atoms with Gasteiger partial charge in [0.15, 0.2) is 0 Å². The lowest BCUT2D eigenvalue weighted by atomic mass is 9.68. The third-order valence-corrected chi connectivity index (χ3v) is 5.65. The van der Waals surface area contributed by atoms with E-state index in [0.29, 0.717) is 30.1 Å². The summed E-state index contributed by atoms with van der Waals surface area (Å²) in [6, 6.07) is 15.0. The Kier molecular flexibility index (Phi) is 6.57. The Morgan fingerprint density at radius 3 is 2.43 bits per heavy atom. The Labute approximate surface area is 170 Å². The monoisotopic (exact) mass is 400 g/mol. The molecule has 2 N–H and O–H groups in total. The van der Waals surface area contributed by atoms with Crippen molar-refractivity contribution >= 4 is 29.3 Å². The first-order valence-electron chi connectivity index (χ1n) is 9.57. The van der Waals surface area contributed by atoms with E-state index < -0.39 is 11.5 Å². The molecule has 28 heavy (non-hydrogen) atoms. The van der Waals surface area contributed by atoms with Crippen molar-refractivity contribution in [2.24, 2.45) is 5.41 Å². The van der Waals surface area contributed by atoms with E-state index in [1.54, 1.807) is 6.07 Å². The molecule has 0 spiro atoms. The Balaban J connectivity index is 1.51. The summed E-state index contributed by atoms with van der Waals surface area (Å²) in [5, 5.41) is 6.26. The molecule has 1 saturated carbocycles. The molecular weight excluding hydrogens is 376 g/mol. The standard InChI is InChI=1S/C22H25ClN2O3/c1-2-16-8-10-18(11-9-16)25-21(27)28-15-22(12-5-13-22)20(26)24-14-17-6-3-4-7-19(17)23/h3-4,6-11H,2,5,12-15H2,1H3,(H,24,26)(H,25,27). The van der Waals surface area contributed by atoms with E-state index in [4.69, 9.17) is 16.3 Å². The highest BCUT2D eigenvalue weighted by Gasteiger charge is 2.45. The zero-order chi connectivity index (χ0) is 20.0. The van der Waals surface area contributed by atoms with Crippen molar-refractivity contribution in [3.05, 3.63) is 64.7 Å². The topological polar surface area (TPSA) is 67.4 Å². The van der Waals surface area contributed by atoms with Crippen LogP contribution < -0.4 is 10.6 Å². The molecule has 2 amide bonds. The van der Waals surface area contributed by atoms with Crippen LogP contribution >= 0.6 is 11.6 Å². The maximum Gasteiger partial charge on any atom is 0.411 e. The third-order valence-electron chi connectivity index (χ3n) is 5.28. The molecule has 5 nitrogen and oxygen atoms in total. The zero-order valence-corrected chi connectivity index (χ0v) is 16.7. The Hall–Kier alpha value is -2.53. The van der Waals surface area contributed by atoms with Gasteiger partial charge in [0.05, 0.1) is 5.41 Å². The minimum absolute atomic E-state index is 0.0697. The summed E-state index contributed by atoms with van der Waals surface area (Å²) in [7, 11) is 0. The SMILES string of the molecule is CCc1ccc(NC(=O)OCC2(C(=O)NCc3ccccc3Cl)CCC2)cc1. The van der Waals surface area contributed by atoms with Gasteiger partial charge in [-0.2, -0.15) is 0 Å². The average molecular weight is 401 g/mol. The molecule has 0 aromatic heterocycles. The number of rotatable bonds is 7. The van der Waals surface area contributed by atoms with Gasteiger partial charge in [0.2, 0.25) is 5.91 Å². The molecule has 0 heterocycles. The van der Waals surface area contributed by atoms with Crippen LogP contribution in [0, 0.1) is 5.41 Å². The number of nitrogens with one attached hydrogen (secondary N) is 2. The van der Waals surface area contributed by atoms with Gasteiger partial charge < -0.3 is 10.1 Å². The van der Waals surface area contributed by atoms with Crippen LogP contribution in [-0.2, 0) is 22.5 Å². The molecule has 1 fully saturated rings. The smallest absolute Gasteiger partial charge is 0.411 e. The van der Waals surface area contributed by atoms with Gasteiger partial charge in [-0.05, 0) is 48.6 Å². The van der Waals surface area contributed by atoms with Crippen LogP contribution in [0.25, 0.3) is 0 Å². The fourth-order valence-electron chi connectivity index (χ4n) is 3.23. The summed E-state index contributed by atoms with van der Waals surface area (Å²) in [6.07, 6.45) is 2.76. The highest BCUT2D eigenvalue weighted by atomic mass is 35.5. The van der Waals surface area contributed by atoms with Crippen LogP contribution in [-0.4, -0.2) is 18.6 Å². The van der Waals surface area contributed by atoms with Crippen molar-refractivity contribution in [3.8, 4) is 0 Å². The van der Waals surface area contributed by atoms with Crippen LogP contribution in [0.4, 0.5) is 10.5 Å². The van der Waals surface area contributed by atoms with E-state index in [1.807, 2.05) is 42.5 Å². The first kappa shape index (κ1) is 20.2. The van der Waals surface area contributed by atoms with Gasteiger partial charge >= 0.3 is 6.09 Å². The molecule has 2 aromatic carbocycles. The molecule has 0 bridgehead atoms. The molecule has 6 heteroatoms. The van der Waals surface area contributed by atoms with E-state index in [2.05, 4.69) is 17.6 Å². The largest absolute Gasteiger partial charge is 0.448 e. The molecular formula is C22H25ClN2O3. The van der Waals surface area contributed by atoms with Crippen LogP contribution in [0.1, 0.15) is 37.3 Å². The normalized spacial score (nSPS) is 14.6. The summed E-state index contributed by atoms with van der Waals surface area (Å²) < 4.78 is 5.37.